The van der Waals surface area contributed by atoms with E-state index in [2.05, 4.69) is 10.3 Å². The predicted octanol–water partition coefficient (Wildman–Crippen LogP) is 2.88. The fourth-order valence-corrected chi connectivity index (χ4v) is 2.94. The lowest BCUT2D eigenvalue weighted by Gasteiger charge is -2.20. The van der Waals surface area contributed by atoms with Gasteiger partial charge in [-0.1, -0.05) is 12.1 Å². The summed E-state index contributed by atoms with van der Waals surface area (Å²) < 4.78 is 17.4. The minimum atomic E-state index is -0.514. The maximum Gasteiger partial charge on any atom is 0.240 e. The summed E-state index contributed by atoms with van der Waals surface area (Å²) in [4.78, 5) is 17.0. The molecule has 1 amide bonds. The molecule has 1 unspecified atom stereocenters. The van der Waals surface area contributed by atoms with Crippen molar-refractivity contribution in [1.29, 1.82) is 0 Å². The van der Waals surface area contributed by atoms with Crippen molar-refractivity contribution in [2.45, 2.75) is 26.4 Å². The molecular formula is C19H21FN4O. The van der Waals surface area contributed by atoms with Gasteiger partial charge in [0.05, 0.1) is 0 Å². The average molecular weight is 340 g/mol. The zero-order valence-electron chi connectivity index (χ0n) is 14.5. The van der Waals surface area contributed by atoms with E-state index in [9.17, 15) is 9.18 Å². The number of carbonyl (C=O) groups is 1. The Bertz CT molecular complexity index is 877. The molecule has 0 fully saturated rings. The van der Waals surface area contributed by atoms with Gasteiger partial charge >= 0.3 is 0 Å². The molecule has 5 nitrogen and oxygen atoms in total. The Balaban J connectivity index is 1.88. The van der Waals surface area contributed by atoms with Crippen molar-refractivity contribution in [3.8, 4) is 0 Å². The fraction of sp³-hybridized carbons (Fsp3) is 0.263. The highest BCUT2D eigenvalue weighted by atomic mass is 19.1. The normalized spacial score (nSPS) is 12.2. The maximum atomic E-state index is 13.7. The third-order valence-corrected chi connectivity index (χ3v) is 4.32. The Morgan fingerprint density at radius 1 is 1.24 bits per heavy atom. The van der Waals surface area contributed by atoms with Gasteiger partial charge in [0.15, 0.2) is 0 Å². The lowest BCUT2D eigenvalue weighted by molar-refractivity contribution is -0.122. The number of aryl methyl sites for hydroxylation is 3. The van der Waals surface area contributed by atoms with E-state index >= 15 is 0 Å². The standard InChI is InChI=1S/C19H21FN4O/c1-13-7-8-14(2)24(13)12-17(25)22-18(19-21-9-10-23(19)3)15-5-4-6-16(20)11-15/h4-11,18H,12H2,1-3H3,(H,22,25). The molecule has 1 aromatic carbocycles. The number of imidazole rings is 1. The molecule has 2 heterocycles. The average Bonchev–Trinajstić information content (AvgIpc) is 3.13. The molecule has 1 atom stereocenters. The van der Waals surface area contributed by atoms with Crippen molar-refractivity contribution in [2.75, 3.05) is 0 Å². The van der Waals surface area contributed by atoms with Crippen LogP contribution in [0, 0.1) is 19.7 Å². The summed E-state index contributed by atoms with van der Waals surface area (Å²) in [5.74, 6) is 0.155. The summed E-state index contributed by atoms with van der Waals surface area (Å²) in [5.41, 5.74) is 2.70. The third-order valence-electron chi connectivity index (χ3n) is 4.32. The van der Waals surface area contributed by atoms with Gasteiger partial charge in [-0.3, -0.25) is 4.79 Å². The van der Waals surface area contributed by atoms with Crippen molar-refractivity contribution in [1.82, 2.24) is 19.4 Å². The van der Waals surface area contributed by atoms with Crippen LogP contribution in [0.5, 0.6) is 0 Å². The van der Waals surface area contributed by atoms with E-state index in [1.54, 1.807) is 24.5 Å². The minimum absolute atomic E-state index is 0.153. The Morgan fingerprint density at radius 3 is 2.56 bits per heavy atom. The van der Waals surface area contributed by atoms with Crippen LogP contribution in [0.3, 0.4) is 0 Å². The molecule has 6 heteroatoms. The van der Waals surface area contributed by atoms with Gasteiger partial charge in [0.25, 0.3) is 0 Å². The molecule has 0 aliphatic heterocycles. The van der Waals surface area contributed by atoms with Gasteiger partial charge in [0.1, 0.15) is 24.2 Å². The monoisotopic (exact) mass is 340 g/mol. The van der Waals surface area contributed by atoms with E-state index < -0.39 is 6.04 Å². The molecule has 3 aromatic rings. The lowest BCUT2D eigenvalue weighted by atomic mass is 10.1. The second kappa shape index (κ2) is 6.93. The second-order valence-electron chi connectivity index (χ2n) is 6.15. The largest absolute Gasteiger partial charge is 0.341 e. The maximum absolute atomic E-state index is 13.7. The van der Waals surface area contributed by atoms with Crippen molar-refractivity contribution in [3.05, 3.63) is 77.4 Å². The Kier molecular flexibility index (Phi) is 4.70. The number of nitrogens with one attached hydrogen (secondary N) is 1. The molecule has 0 saturated heterocycles. The van der Waals surface area contributed by atoms with Gasteiger partial charge in [-0.2, -0.15) is 0 Å². The molecule has 3 rings (SSSR count). The van der Waals surface area contributed by atoms with Crippen LogP contribution in [0.25, 0.3) is 0 Å². The van der Waals surface area contributed by atoms with Crippen molar-refractivity contribution >= 4 is 5.91 Å². The molecule has 0 spiro atoms. The zero-order valence-corrected chi connectivity index (χ0v) is 14.5. The Morgan fingerprint density at radius 2 is 1.96 bits per heavy atom. The fourth-order valence-electron chi connectivity index (χ4n) is 2.94. The summed E-state index contributed by atoms with van der Waals surface area (Å²) in [5, 5.41) is 2.99. The number of carbonyl (C=O) groups excluding carboxylic acids is 1. The first-order valence-electron chi connectivity index (χ1n) is 8.10. The molecule has 2 aromatic heterocycles. The molecular weight excluding hydrogens is 319 g/mol. The lowest BCUT2D eigenvalue weighted by Crippen LogP contribution is -2.34. The van der Waals surface area contributed by atoms with Crippen LogP contribution >= 0.6 is 0 Å². The Hall–Kier alpha value is -2.89. The van der Waals surface area contributed by atoms with Gasteiger partial charge in [-0.15, -0.1) is 0 Å². The van der Waals surface area contributed by atoms with Crippen molar-refractivity contribution in [2.24, 2.45) is 7.05 Å². The zero-order chi connectivity index (χ0) is 18.0. The topological polar surface area (TPSA) is 51.9 Å². The number of amides is 1. The minimum Gasteiger partial charge on any atom is -0.341 e. The van der Waals surface area contributed by atoms with Crippen LogP contribution in [0.4, 0.5) is 4.39 Å². The van der Waals surface area contributed by atoms with E-state index in [-0.39, 0.29) is 18.3 Å². The molecule has 1 N–H and O–H groups in total. The summed E-state index contributed by atoms with van der Waals surface area (Å²) in [6.45, 7) is 4.13. The smallest absolute Gasteiger partial charge is 0.240 e. The van der Waals surface area contributed by atoms with E-state index in [1.807, 2.05) is 42.2 Å². The number of benzene rings is 1. The van der Waals surface area contributed by atoms with Gasteiger partial charge in [0, 0.05) is 30.8 Å². The van der Waals surface area contributed by atoms with E-state index in [0.717, 1.165) is 11.4 Å². The number of halogens is 1. The summed E-state index contributed by atoms with van der Waals surface area (Å²) in [7, 11) is 1.85. The number of rotatable bonds is 5. The van der Waals surface area contributed by atoms with Crippen molar-refractivity contribution in [3.63, 3.8) is 0 Å². The highest BCUT2D eigenvalue weighted by molar-refractivity contribution is 5.77. The van der Waals surface area contributed by atoms with Crippen LogP contribution in [-0.4, -0.2) is 20.0 Å². The molecule has 0 aliphatic carbocycles. The summed E-state index contributed by atoms with van der Waals surface area (Å²) >= 11 is 0. The third kappa shape index (κ3) is 3.63. The van der Waals surface area contributed by atoms with E-state index in [0.29, 0.717) is 11.4 Å². The van der Waals surface area contributed by atoms with Crippen LogP contribution in [0.1, 0.15) is 28.8 Å². The number of hydrogen-bond acceptors (Lipinski definition) is 2. The first kappa shape index (κ1) is 17.0. The molecule has 130 valence electrons. The SMILES string of the molecule is Cc1ccc(C)n1CC(=O)NC(c1cccc(F)c1)c1nccn1C. The highest BCUT2D eigenvalue weighted by Gasteiger charge is 2.21. The number of nitrogens with zero attached hydrogens (tertiary/aromatic N) is 3. The molecule has 0 saturated carbocycles. The van der Waals surface area contributed by atoms with E-state index in [4.69, 9.17) is 0 Å². The summed E-state index contributed by atoms with van der Waals surface area (Å²) in [6, 6.07) is 9.66. The first-order valence-corrected chi connectivity index (χ1v) is 8.10. The van der Waals surface area contributed by atoms with Crippen LogP contribution < -0.4 is 5.32 Å². The summed E-state index contributed by atoms with van der Waals surface area (Å²) in [6.07, 6.45) is 3.46. The predicted molar refractivity (Wildman–Crippen MR) is 93.5 cm³/mol. The number of aromatic nitrogens is 3. The molecule has 0 aliphatic rings. The van der Waals surface area contributed by atoms with Crippen molar-refractivity contribution < 1.29 is 9.18 Å². The van der Waals surface area contributed by atoms with Gasteiger partial charge in [-0.05, 0) is 43.7 Å². The van der Waals surface area contributed by atoms with E-state index in [1.165, 1.54) is 12.1 Å². The van der Waals surface area contributed by atoms with Crippen LogP contribution in [0.2, 0.25) is 0 Å². The van der Waals surface area contributed by atoms with Gasteiger partial charge in [0.2, 0.25) is 5.91 Å². The van der Waals surface area contributed by atoms with Gasteiger partial charge in [-0.25, -0.2) is 9.37 Å². The molecule has 0 radical (unpaired) electrons. The quantitative estimate of drug-likeness (QED) is 0.776. The Labute approximate surface area is 146 Å². The van der Waals surface area contributed by atoms with Crippen LogP contribution in [-0.2, 0) is 18.4 Å². The first-order chi connectivity index (χ1) is 12.0. The molecule has 25 heavy (non-hydrogen) atoms. The highest BCUT2D eigenvalue weighted by Crippen LogP contribution is 2.21. The second-order valence-corrected chi connectivity index (χ2v) is 6.15. The molecule has 0 bridgehead atoms. The number of hydrogen-bond donors (Lipinski definition) is 1. The van der Waals surface area contributed by atoms with Crippen LogP contribution in [0.15, 0.2) is 48.8 Å². The van der Waals surface area contributed by atoms with Gasteiger partial charge < -0.3 is 14.5 Å².